The summed E-state index contributed by atoms with van der Waals surface area (Å²) in [7, 11) is 0. The molecule has 1 saturated heterocycles. The molecule has 0 radical (unpaired) electrons. The largest absolute Gasteiger partial charge is 0.443 e. The molecule has 3 aromatic carbocycles. The van der Waals surface area contributed by atoms with Crippen LogP contribution in [0.25, 0.3) is 6.08 Å². The van der Waals surface area contributed by atoms with Gasteiger partial charge < -0.3 is 4.74 Å². The number of thioether (sulfide) groups is 1. The van der Waals surface area contributed by atoms with Gasteiger partial charge in [0.2, 0.25) is 0 Å². The number of likely N-dealkylation sites (tertiary alicyclic amines) is 1. The number of hydrogen-bond donors (Lipinski definition) is 0. The Bertz CT molecular complexity index is 1450. The van der Waals surface area contributed by atoms with Gasteiger partial charge >= 0.3 is 6.09 Å². The summed E-state index contributed by atoms with van der Waals surface area (Å²) in [5.74, 6) is 0.486. The third kappa shape index (κ3) is 6.27. The fourth-order valence-corrected chi connectivity index (χ4v) is 6.68. The third-order valence-electron chi connectivity index (χ3n) is 7.38. The summed E-state index contributed by atoms with van der Waals surface area (Å²) in [6.07, 6.45) is 5.46. The van der Waals surface area contributed by atoms with Gasteiger partial charge in [0.1, 0.15) is 11.4 Å². The maximum atomic E-state index is 13.0. The molecule has 0 spiro atoms. The van der Waals surface area contributed by atoms with Crippen LogP contribution in [0.3, 0.4) is 0 Å². The van der Waals surface area contributed by atoms with E-state index in [4.69, 9.17) is 4.74 Å². The summed E-state index contributed by atoms with van der Waals surface area (Å²) in [6, 6.07) is 31.8. The average Bonchev–Trinajstić information content (AvgIpc) is 3.44. The Morgan fingerprint density at radius 2 is 1.40 bits per heavy atom. The predicted molar refractivity (Wildman–Crippen MR) is 169 cm³/mol. The van der Waals surface area contributed by atoms with Gasteiger partial charge in [0, 0.05) is 37.7 Å². The topological polar surface area (TPSA) is 64.4 Å². The maximum absolute atomic E-state index is 13.0. The standard InChI is InChI=1S/C35H37N3O3S/c1-26(39)42-31-20-22-37(25-27(31)24-32-36-21-23-38(32)33(40)41-34(2,3)4)35(28-14-8-5-9-15-28,29-16-10-6-11-17-29)30-18-12-7-13-19-30/h5-19,21,23-24,31H,20,22,25H2,1-4H3/b27-24+. The highest BCUT2D eigenvalue weighted by Crippen LogP contribution is 2.45. The molecule has 1 atom stereocenters. The van der Waals surface area contributed by atoms with E-state index in [-0.39, 0.29) is 10.4 Å². The third-order valence-corrected chi connectivity index (χ3v) is 8.53. The number of piperidine rings is 1. The number of imidazole rings is 1. The number of benzene rings is 3. The summed E-state index contributed by atoms with van der Waals surface area (Å²) in [4.78, 5) is 32.4. The summed E-state index contributed by atoms with van der Waals surface area (Å²) in [5, 5.41) is 0.0258. The van der Waals surface area contributed by atoms with Crippen LogP contribution >= 0.6 is 11.8 Å². The highest BCUT2D eigenvalue weighted by molar-refractivity contribution is 8.14. The minimum atomic E-state index is -0.638. The summed E-state index contributed by atoms with van der Waals surface area (Å²) in [6.45, 7) is 8.48. The summed E-state index contributed by atoms with van der Waals surface area (Å²) in [5.41, 5.74) is 3.29. The molecule has 1 aromatic heterocycles. The number of nitrogens with zero attached hydrogens (tertiary/aromatic N) is 3. The van der Waals surface area contributed by atoms with E-state index in [1.54, 1.807) is 19.3 Å². The Morgan fingerprint density at radius 3 is 1.88 bits per heavy atom. The van der Waals surface area contributed by atoms with Gasteiger partial charge in [-0.05, 0) is 55.5 Å². The molecule has 4 aromatic rings. The van der Waals surface area contributed by atoms with Gasteiger partial charge in [-0.1, -0.05) is 103 Å². The smallest absolute Gasteiger partial charge is 0.420 e. The first-order valence-corrected chi connectivity index (χ1v) is 15.1. The van der Waals surface area contributed by atoms with Crippen molar-refractivity contribution in [3.8, 4) is 0 Å². The molecule has 6 nitrogen and oxygen atoms in total. The Kier molecular flexibility index (Phi) is 8.80. The molecular weight excluding hydrogens is 542 g/mol. The molecule has 0 bridgehead atoms. The second-order valence-corrected chi connectivity index (χ2v) is 12.9. The quantitative estimate of drug-likeness (QED) is 0.222. The lowest BCUT2D eigenvalue weighted by molar-refractivity contribution is -0.109. The number of carbonyl (C=O) groups excluding carboxylic acids is 2. The zero-order chi connectivity index (χ0) is 29.7. The van der Waals surface area contributed by atoms with Gasteiger partial charge in [0.05, 0.1) is 5.54 Å². The Labute approximate surface area is 252 Å². The van der Waals surface area contributed by atoms with Crippen LogP contribution in [0.4, 0.5) is 4.79 Å². The van der Waals surface area contributed by atoms with Crippen molar-refractivity contribution in [1.82, 2.24) is 14.5 Å². The van der Waals surface area contributed by atoms with Crippen LogP contribution in [0.2, 0.25) is 0 Å². The van der Waals surface area contributed by atoms with Crippen LogP contribution in [0.5, 0.6) is 0 Å². The number of rotatable bonds is 6. The van der Waals surface area contributed by atoms with E-state index >= 15 is 0 Å². The average molecular weight is 580 g/mol. The van der Waals surface area contributed by atoms with E-state index < -0.39 is 17.2 Å². The van der Waals surface area contributed by atoms with Crippen molar-refractivity contribution in [3.05, 3.63) is 131 Å². The van der Waals surface area contributed by atoms with Crippen molar-refractivity contribution in [3.63, 3.8) is 0 Å². The van der Waals surface area contributed by atoms with E-state index in [2.05, 4.69) is 82.7 Å². The molecule has 0 N–H and O–H groups in total. The van der Waals surface area contributed by atoms with E-state index in [0.717, 1.165) is 35.2 Å². The van der Waals surface area contributed by atoms with Gasteiger partial charge in [-0.25, -0.2) is 14.3 Å². The predicted octanol–water partition coefficient (Wildman–Crippen LogP) is 7.40. The van der Waals surface area contributed by atoms with Crippen LogP contribution in [-0.4, -0.2) is 49.6 Å². The molecule has 5 rings (SSSR count). The molecule has 0 aliphatic carbocycles. The SMILES string of the molecule is CC(=O)SC1CCN(C(c2ccccc2)(c2ccccc2)c2ccccc2)C/C1=C\c1nccn1C(=O)OC(C)(C)C. The molecule has 1 fully saturated rings. The van der Waals surface area contributed by atoms with Gasteiger partial charge in [-0.2, -0.15) is 0 Å². The number of hydrogen-bond acceptors (Lipinski definition) is 6. The lowest BCUT2D eigenvalue weighted by Gasteiger charge is -2.49. The fraction of sp³-hybridized carbons (Fsp3) is 0.286. The van der Waals surface area contributed by atoms with Crippen molar-refractivity contribution in [2.24, 2.45) is 0 Å². The number of carbonyl (C=O) groups is 2. The first-order chi connectivity index (χ1) is 20.2. The molecule has 1 aliphatic rings. The molecule has 1 aliphatic heterocycles. The lowest BCUT2D eigenvalue weighted by atomic mass is 9.74. The molecule has 0 saturated carbocycles. The molecule has 0 amide bonds. The van der Waals surface area contributed by atoms with Crippen LogP contribution < -0.4 is 0 Å². The Hall–Kier alpha value is -3.94. The van der Waals surface area contributed by atoms with E-state index in [1.165, 1.54) is 16.3 Å². The first kappa shape index (κ1) is 29.5. The first-order valence-electron chi connectivity index (χ1n) is 14.2. The van der Waals surface area contributed by atoms with Crippen LogP contribution in [0.15, 0.2) is 109 Å². The van der Waals surface area contributed by atoms with Gasteiger partial charge in [0.25, 0.3) is 0 Å². The maximum Gasteiger partial charge on any atom is 0.420 e. The number of aromatic nitrogens is 2. The van der Waals surface area contributed by atoms with Gasteiger partial charge in [-0.15, -0.1) is 0 Å². The van der Waals surface area contributed by atoms with Gasteiger partial charge in [0.15, 0.2) is 5.12 Å². The van der Waals surface area contributed by atoms with E-state index in [9.17, 15) is 9.59 Å². The normalized spacial score (nSPS) is 17.2. The van der Waals surface area contributed by atoms with Crippen LogP contribution in [0.1, 0.15) is 56.6 Å². The second-order valence-electron chi connectivity index (χ2n) is 11.5. The molecular formula is C35H37N3O3S. The Balaban J connectivity index is 1.65. The van der Waals surface area contributed by atoms with E-state index in [0.29, 0.717) is 12.4 Å². The monoisotopic (exact) mass is 579 g/mol. The summed E-state index contributed by atoms with van der Waals surface area (Å²) >= 11 is 1.34. The molecule has 216 valence electrons. The summed E-state index contributed by atoms with van der Waals surface area (Å²) < 4.78 is 7.07. The van der Waals surface area contributed by atoms with Crippen LogP contribution in [-0.2, 0) is 15.1 Å². The lowest BCUT2D eigenvalue weighted by Crippen LogP contribution is -2.52. The van der Waals surface area contributed by atoms with Crippen molar-refractivity contribution in [1.29, 1.82) is 0 Å². The van der Waals surface area contributed by atoms with Crippen LogP contribution in [0, 0.1) is 0 Å². The van der Waals surface area contributed by atoms with Crippen molar-refractivity contribution in [2.45, 2.75) is 50.5 Å². The molecule has 7 heteroatoms. The minimum absolute atomic E-state index is 0.0393. The van der Waals surface area contributed by atoms with Crippen molar-refractivity contribution < 1.29 is 14.3 Å². The highest BCUT2D eigenvalue weighted by atomic mass is 32.2. The van der Waals surface area contributed by atoms with E-state index in [1.807, 2.05) is 45.0 Å². The Morgan fingerprint density at radius 1 is 0.881 bits per heavy atom. The highest BCUT2D eigenvalue weighted by Gasteiger charge is 2.44. The van der Waals surface area contributed by atoms with Crippen molar-refractivity contribution in [2.75, 3.05) is 13.1 Å². The second kappa shape index (κ2) is 12.5. The van der Waals surface area contributed by atoms with Crippen molar-refractivity contribution >= 4 is 29.0 Å². The molecule has 42 heavy (non-hydrogen) atoms. The zero-order valence-electron chi connectivity index (χ0n) is 24.6. The van der Waals surface area contributed by atoms with Gasteiger partial charge in [-0.3, -0.25) is 9.69 Å². The molecule has 2 heterocycles. The minimum Gasteiger partial charge on any atom is -0.443 e. The number of ether oxygens (including phenoxy) is 1. The fourth-order valence-electron chi connectivity index (χ4n) is 5.76. The molecule has 1 unspecified atom stereocenters. The zero-order valence-corrected chi connectivity index (χ0v) is 25.4.